The van der Waals surface area contributed by atoms with Crippen molar-refractivity contribution in [3.63, 3.8) is 0 Å². The summed E-state index contributed by atoms with van der Waals surface area (Å²) in [5.74, 6) is -1.66. The minimum atomic E-state index is -0.838. The summed E-state index contributed by atoms with van der Waals surface area (Å²) in [6, 6.07) is -0.596. The van der Waals surface area contributed by atoms with E-state index in [1.54, 1.807) is 6.92 Å². The third-order valence-electron chi connectivity index (χ3n) is 3.83. The van der Waals surface area contributed by atoms with Crippen molar-refractivity contribution in [1.82, 2.24) is 10.6 Å². The maximum absolute atomic E-state index is 12.1. The Balaban J connectivity index is 2.44. The molecule has 3 unspecified atom stereocenters. The van der Waals surface area contributed by atoms with Gasteiger partial charge in [-0.15, -0.1) is 0 Å². The van der Waals surface area contributed by atoms with Crippen molar-refractivity contribution in [3.05, 3.63) is 0 Å². The van der Waals surface area contributed by atoms with Gasteiger partial charge in [0.05, 0.1) is 5.92 Å². The highest BCUT2D eigenvalue weighted by Crippen LogP contribution is 2.29. The van der Waals surface area contributed by atoms with Crippen LogP contribution >= 0.6 is 0 Å². The minimum absolute atomic E-state index is 0.206. The number of rotatable bonds is 6. The molecule has 3 atom stereocenters. The highest BCUT2D eigenvalue weighted by Gasteiger charge is 2.32. The van der Waals surface area contributed by atoms with E-state index in [2.05, 4.69) is 10.6 Å². The molecular weight excluding hydrogens is 272 g/mol. The molecule has 2 amide bonds. The van der Waals surface area contributed by atoms with Gasteiger partial charge in [-0.3, -0.25) is 14.4 Å². The zero-order valence-corrected chi connectivity index (χ0v) is 13.0. The number of carbonyl (C=O) groups excluding carboxylic acids is 2. The molecule has 1 fully saturated rings. The Bertz CT molecular complexity index is 395. The molecule has 1 saturated carbocycles. The molecule has 0 aliphatic heterocycles. The first-order valence-corrected chi connectivity index (χ1v) is 7.62. The highest BCUT2D eigenvalue weighted by atomic mass is 16.4. The summed E-state index contributed by atoms with van der Waals surface area (Å²) in [6.07, 6.45) is 2.42. The third-order valence-corrected chi connectivity index (χ3v) is 3.83. The smallest absolute Gasteiger partial charge is 0.306 e. The maximum atomic E-state index is 12.1. The SMILES string of the molecule is CC(C)CNC(=O)C(C)NC(=O)C1CCCC(C(=O)O)C1. The van der Waals surface area contributed by atoms with E-state index in [1.807, 2.05) is 13.8 Å². The number of nitrogens with one attached hydrogen (secondary N) is 2. The molecule has 3 N–H and O–H groups in total. The van der Waals surface area contributed by atoms with Crippen LogP contribution < -0.4 is 10.6 Å². The molecule has 6 nitrogen and oxygen atoms in total. The summed E-state index contributed by atoms with van der Waals surface area (Å²) in [5, 5.41) is 14.5. The predicted molar refractivity (Wildman–Crippen MR) is 78.5 cm³/mol. The van der Waals surface area contributed by atoms with Gasteiger partial charge in [-0.25, -0.2) is 0 Å². The molecule has 0 saturated heterocycles. The summed E-state index contributed by atoms with van der Waals surface area (Å²) in [7, 11) is 0. The van der Waals surface area contributed by atoms with Crippen LogP contribution in [0.3, 0.4) is 0 Å². The van der Waals surface area contributed by atoms with E-state index in [0.29, 0.717) is 31.7 Å². The Morgan fingerprint density at radius 3 is 2.33 bits per heavy atom. The second-order valence-corrected chi connectivity index (χ2v) is 6.27. The van der Waals surface area contributed by atoms with Crippen LogP contribution in [0.4, 0.5) is 0 Å². The topological polar surface area (TPSA) is 95.5 Å². The molecule has 0 spiro atoms. The molecule has 1 aliphatic carbocycles. The van der Waals surface area contributed by atoms with Crippen LogP contribution in [0, 0.1) is 17.8 Å². The molecule has 0 aromatic heterocycles. The molecule has 0 heterocycles. The molecule has 1 rings (SSSR count). The van der Waals surface area contributed by atoms with Crippen LogP contribution in [0.25, 0.3) is 0 Å². The quantitative estimate of drug-likeness (QED) is 0.685. The van der Waals surface area contributed by atoms with Crippen molar-refractivity contribution in [1.29, 1.82) is 0 Å². The van der Waals surface area contributed by atoms with Gasteiger partial charge in [0.2, 0.25) is 11.8 Å². The van der Waals surface area contributed by atoms with Crippen LogP contribution in [0.15, 0.2) is 0 Å². The summed E-state index contributed by atoms with van der Waals surface area (Å²) in [5.41, 5.74) is 0. The lowest BCUT2D eigenvalue weighted by Crippen LogP contribution is -2.48. The number of carboxylic acids is 1. The molecule has 1 aliphatic rings. The first kappa shape index (κ1) is 17.5. The second kappa shape index (κ2) is 8.00. The van der Waals surface area contributed by atoms with Crippen LogP contribution in [0.1, 0.15) is 46.5 Å². The molecular formula is C15H26N2O4. The van der Waals surface area contributed by atoms with E-state index in [9.17, 15) is 14.4 Å². The average Bonchev–Trinajstić information content (AvgIpc) is 2.44. The number of hydrogen-bond acceptors (Lipinski definition) is 3. The normalized spacial score (nSPS) is 23.4. The Kier molecular flexibility index (Phi) is 6.65. The van der Waals surface area contributed by atoms with Gasteiger partial charge in [0, 0.05) is 12.5 Å². The summed E-state index contributed by atoms with van der Waals surface area (Å²) < 4.78 is 0. The number of hydrogen-bond donors (Lipinski definition) is 3. The summed E-state index contributed by atoms with van der Waals surface area (Å²) in [4.78, 5) is 35.0. The predicted octanol–water partition coefficient (Wildman–Crippen LogP) is 1.15. The highest BCUT2D eigenvalue weighted by molar-refractivity contribution is 5.88. The molecule has 120 valence electrons. The lowest BCUT2D eigenvalue weighted by atomic mass is 9.81. The Labute approximate surface area is 125 Å². The van der Waals surface area contributed by atoms with E-state index >= 15 is 0 Å². The number of amides is 2. The molecule has 0 bridgehead atoms. The molecule has 0 aromatic carbocycles. The number of aliphatic carboxylic acids is 1. The Morgan fingerprint density at radius 1 is 1.14 bits per heavy atom. The van der Waals surface area contributed by atoms with Crippen molar-refractivity contribution < 1.29 is 19.5 Å². The van der Waals surface area contributed by atoms with Gasteiger partial charge in [0.1, 0.15) is 6.04 Å². The molecule has 6 heteroatoms. The van der Waals surface area contributed by atoms with E-state index in [-0.39, 0.29) is 17.7 Å². The van der Waals surface area contributed by atoms with Crippen LogP contribution in [-0.4, -0.2) is 35.5 Å². The Morgan fingerprint density at radius 2 is 1.76 bits per heavy atom. The van der Waals surface area contributed by atoms with Crippen LogP contribution in [0.2, 0.25) is 0 Å². The van der Waals surface area contributed by atoms with Crippen LogP contribution in [-0.2, 0) is 14.4 Å². The van der Waals surface area contributed by atoms with E-state index in [0.717, 1.165) is 6.42 Å². The zero-order valence-electron chi connectivity index (χ0n) is 13.0. The van der Waals surface area contributed by atoms with Gasteiger partial charge < -0.3 is 15.7 Å². The van der Waals surface area contributed by atoms with Crippen molar-refractivity contribution in [3.8, 4) is 0 Å². The lowest BCUT2D eigenvalue weighted by Gasteiger charge is -2.26. The van der Waals surface area contributed by atoms with E-state index in [4.69, 9.17) is 5.11 Å². The molecule has 0 radical (unpaired) electrons. The Hall–Kier alpha value is -1.59. The molecule has 0 aromatic rings. The van der Waals surface area contributed by atoms with E-state index in [1.165, 1.54) is 0 Å². The van der Waals surface area contributed by atoms with E-state index < -0.39 is 17.9 Å². The first-order chi connectivity index (χ1) is 9.81. The van der Waals surface area contributed by atoms with Crippen LogP contribution in [0.5, 0.6) is 0 Å². The van der Waals surface area contributed by atoms with Gasteiger partial charge in [0.15, 0.2) is 0 Å². The standard InChI is InChI=1S/C15H26N2O4/c1-9(2)8-16-13(18)10(3)17-14(19)11-5-4-6-12(7-11)15(20)21/h9-12H,4-8H2,1-3H3,(H,16,18)(H,17,19)(H,20,21). The summed E-state index contributed by atoms with van der Waals surface area (Å²) >= 11 is 0. The summed E-state index contributed by atoms with van der Waals surface area (Å²) in [6.45, 7) is 6.21. The van der Waals surface area contributed by atoms with Crippen molar-refractivity contribution in [2.24, 2.45) is 17.8 Å². The fourth-order valence-corrected chi connectivity index (χ4v) is 2.51. The van der Waals surface area contributed by atoms with Gasteiger partial charge in [-0.05, 0) is 32.1 Å². The van der Waals surface area contributed by atoms with Gasteiger partial charge in [-0.1, -0.05) is 20.3 Å². The fourth-order valence-electron chi connectivity index (χ4n) is 2.51. The minimum Gasteiger partial charge on any atom is -0.481 e. The lowest BCUT2D eigenvalue weighted by molar-refractivity contribution is -0.144. The zero-order chi connectivity index (χ0) is 16.0. The van der Waals surface area contributed by atoms with Gasteiger partial charge >= 0.3 is 5.97 Å². The first-order valence-electron chi connectivity index (χ1n) is 7.62. The van der Waals surface area contributed by atoms with Crippen molar-refractivity contribution in [2.75, 3.05) is 6.54 Å². The number of carbonyl (C=O) groups is 3. The van der Waals surface area contributed by atoms with Crippen molar-refractivity contribution >= 4 is 17.8 Å². The fraction of sp³-hybridized carbons (Fsp3) is 0.800. The van der Waals surface area contributed by atoms with Crippen molar-refractivity contribution in [2.45, 2.75) is 52.5 Å². The van der Waals surface area contributed by atoms with Gasteiger partial charge in [0.25, 0.3) is 0 Å². The number of carboxylic acid groups (broad SMARTS) is 1. The average molecular weight is 298 g/mol. The third kappa shape index (κ3) is 5.73. The molecule has 21 heavy (non-hydrogen) atoms. The van der Waals surface area contributed by atoms with Gasteiger partial charge in [-0.2, -0.15) is 0 Å². The second-order valence-electron chi connectivity index (χ2n) is 6.27. The largest absolute Gasteiger partial charge is 0.481 e. The monoisotopic (exact) mass is 298 g/mol. The maximum Gasteiger partial charge on any atom is 0.306 e.